The molecule has 35 heavy (non-hydrogen) atoms. The number of oxazole rings is 1. The van der Waals surface area contributed by atoms with Crippen LogP contribution in [-0.2, 0) is 14.3 Å². The zero-order chi connectivity index (χ0) is 24.8. The Hall–Kier alpha value is -4.26. The molecular weight excluding hydrogens is 452 g/mol. The van der Waals surface area contributed by atoms with Gasteiger partial charge in [0.1, 0.15) is 11.8 Å². The molecule has 1 aliphatic heterocycles. The maximum Gasteiger partial charge on any atom is 0.344 e. The van der Waals surface area contributed by atoms with Crippen molar-refractivity contribution in [1.82, 2.24) is 9.88 Å². The Morgan fingerprint density at radius 2 is 1.86 bits per heavy atom. The summed E-state index contributed by atoms with van der Waals surface area (Å²) < 4.78 is 21.6. The molecule has 4 rings (SSSR count). The maximum absolute atomic E-state index is 12.5. The summed E-state index contributed by atoms with van der Waals surface area (Å²) in [5, 5.41) is 9.42. The van der Waals surface area contributed by atoms with Crippen molar-refractivity contribution in [3.05, 3.63) is 53.9 Å². The number of carbonyl (C=O) groups is 2. The predicted octanol–water partition coefficient (Wildman–Crippen LogP) is 3.20. The van der Waals surface area contributed by atoms with Gasteiger partial charge in [0.2, 0.25) is 11.6 Å². The summed E-state index contributed by atoms with van der Waals surface area (Å²) in [5.74, 6) is 1.06. The number of carbonyl (C=O) groups excluding carboxylic acids is 2. The molecule has 1 fully saturated rings. The molecule has 3 heterocycles. The third-order valence-electron chi connectivity index (χ3n) is 5.63. The highest BCUT2D eigenvalue weighted by Gasteiger charge is 2.27. The number of hydrogen-bond acceptors (Lipinski definition) is 9. The summed E-state index contributed by atoms with van der Waals surface area (Å²) in [4.78, 5) is 32.1. The van der Waals surface area contributed by atoms with Crippen LogP contribution < -0.4 is 9.64 Å². The fourth-order valence-electron chi connectivity index (χ4n) is 3.63. The van der Waals surface area contributed by atoms with Gasteiger partial charge in [-0.3, -0.25) is 4.79 Å². The summed E-state index contributed by atoms with van der Waals surface area (Å²) in [5.41, 5.74) is 1.33. The van der Waals surface area contributed by atoms with E-state index in [0.717, 1.165) is 0 Å². The van der Waals surface area contributed by atoms with Crippen LogP contribution in [-0.4, -0.2) is 61.2 Å². The van der Waals surface area contributed by atoms with Crippen molar-refractivity contribution in [3.8, 4) is 23.5 Å². The fraction of sp³-hybridized carbons (Fsp3) is 0.360. The van der Waals surface area contributed by atoms with Crippen LogP contribution in [0.3, 0.4) is 0 Å². The first-order valence-electron chi connectivity index (χ1n) is 11.3. The van der Waals surface area contributed by atoms with Crippen molar-refractivity contribution < 1.29 is 27.9 Å². The molecule has 1 aromatic carbocycles. The van der Waals surface area contributed by atoms with Gasteiger partial charge in [-0.25, -0.2) is 4.79 Å². The van der Waals surface area contributed by atoms with Gasteiger partial charge in [-0.1, -0.05) is 26.0 Å². The van der Waals surface area contributed by atoms with Gasteiger partial charge >= 0.3 is 5.97 Å². The van der Waals surface area contributed by atoms with Gasteiger partial charge in [0.15, 0.2) is 19.0 Å². The zero-order valence-corrected chi connectivity index (χ0v) is 19.6. The van der Waals surface area contributed by atoms with Crippen LogP contribution in [0.4, 0.5) is 5.88 Å². The summed E-state index contributed by atoms with van der Waals surface area (Å²) in [7, 11) is 0. The molecule has 1 aliphatic rings. The standard InChI is InChI=1S/C25H26N4O6/c1-17(2)18-5-7-19(8-6-18)33-16-23(31)34-15-22(30)28-9-11-29(12-10-28)25-20(14-26)27-24(35-25)21-4-3-13-32-21/h3-8,13,17H,9-12,15-16H2,1-2H3. The number of piperazine rings is 1. The van der Waals surface area contributed by atoms with Crippen LogP contribution in [0.15, 0.2) is 51.5 Å². The fourth-order valence-corrected chi connectivity index (χ4v) is 3.63. The number of hydrogen-bond donors (Lipinski definition) is 0. The lowest BCUT2D eigenvalue weighted by Gasteiger charge is -2.34. The van der Waals surface area contributed by atoms with Crippen LogP contribution in [0.5, 0.6) is 5.75 Å². The molecule has 0 bridgehead atoms. The average molecular weight is 479 g/mol. The van der Waals surface area contributed by atoms with Gasteiger partial charge in [-0.05, 0) is 35.7 Å². The number of esters is 1. The van der Waals surface area contributed by atoms with Gasteiger partial charge in [0.25, 0.3) is 11.8 Å². The molecule has 0 unspecified atom stereocenters. The van der Waals surface area contributed by atoms with Crippen molar-refractivity contribution in [2.45, 2.75) is 19.8 Å². The molecule has 10 nitrogen and oxygen atoms in total. The van der Waals surface area contributed by atoms with E-state index in [4.69, 9.17) is 18.3 Å². The molecule has 1 amide bonds. The molecule has 0 saturated carbocycles. The Morgan fingerprint density at radius 1 is 1.11 bits per heavy atom. The minimum absolute atomic E-state index is 0.156. The first-order valence-corrected chi connectivity index (χ1v) is 11.3. The SMILES string of the molecule is CC(C)c1ccc(OCC(=O)OCC(=O)N2CCN(c3oc(-c4ccco4)nc3C#N)CC2)cc1. The van der Waals surface area contributed by atoms with Crippen molar-refractivity contribution in [3.63, 3.8) is 0 Å². The minimum atomic E-state index is -0.615. The number of furan rings is 1. The summed E-state index contributed by atoms with van der Waals surface area (Å²) in [6.45, 7) is 5.21. The lowest BCUT2D eigenvalue weighted by atomic mass is 10.0. The Morgan fingerprint density at radius 3 is 2.49 bits per heavy atom. The van der Waals surface area contributed by atoms with Gasteiger partial charge in [0, 0.05) is 26.2 Å². The second-order valence-corrected chi connectivity index (χ2v) is 8.30. The first-order chi connectivity index (χ1) is 16.9. The molecule has 0 atom stereocenters. The number of ether oxygens (including phenoxy) is 2. The molecule has 182 valence electrons. The Kier molecular flexibility index (Phi) is 7.35. The number of rotatable bonds is 8. The van der Waals surface area contributed by atoms with Crippen molar-refractivity contribution in [2.24, 2.45) is 0 Å². The molecule has 0 radical (unpaired) electrons. The number of benzene rings is 1. The largest absolute Gasteiger partial charge is 0.482 e. The molecule has 0 N–H and O–H groups in total. The van der Waals surface area contributed by atoms with E-state index >= 15 is 0 Å². The van der Waals surface area contributed by atoms with Crippen molar-refractivity contribution >= 4 is 17.8 Å². The second kappa shape index (κ2) is 10.8. The topological polar surface area (TPSA) is 122 Å². The lowest BCUT2D eigenvalue weighted by Crippen LogP contribution is -2.50. The second-order valence-electron chi connectivity index (χ2n) is 8.30. The van der Waals surface area contributed by atoms with Crippen LogP contribution in [0.2, 0.25) is 0 Å². The highest BCUT2D eigenvalue weighted by molar-refractivity contribution is 5.81. The highest BCUT2D eigenvalue weighted by Crippen LogP contribution is 2.29. The van der Waals surface area contributed by atoms with Crippen molar-refractivity contribution in [1.29, 1.82) is 5.26 Å². The van der Waals surface area contributed by atoms with Gasteiger partial charge < -0.3 is 28.1 Å². The van der Waals surface area contributed by atoms with E-state index in [1.807, 2.05) is 23.1 Å². The Labute approximate surface area is 202 Å². The van der Waals surface area contributed by atoms with Gasteiger partial charge in [-0.15, -0.1) is 0 Å². The number of nitriles is 1. The highest BCUT2D eigenvalue weighted by atomic mass is 16.6. The van der Waals surface area contributed by atoms with Crippen molar-refractivity contribution in [2.75, 3.05) is 44.3 Å². The lowest BCUT2D eigenvalue weighted by molar-refractivity contribution is -0.153. The monoisotopic (exact) mass is 478 g/mol. The molecular formula is C25H26N4O6. The predicted molar refractivity (Wildman–Crippen MR) is 125 cm³/mol. The number of aromatic nitrogens is 1. The third-order valence-corrected chi connectivity index (χ3v) is 5.63. The van der Waals surface area contributed by atoms with E-state index in [1.165, 1.54) is 11.8 Å². The molecule has 3 aromatic rings. The van der Waals surface area contributed by atoms with E-state index in [1.54, 1.807) is 29.2 Å². The van der Waals surface area contributed by atoms with Crippen LogP contribution in [0.25, 0.3) is 11.7 Å². The first kappa shape index (κ1) is 23.9. The van der Waals surface area contributed by atoms with Crippen LogP contribution in [0, 0.1) is 11.3 Å². The quantitative estimate of drug-likeness (QED) is 0.449. The summed E-state index contributed by atoms with van der Waals surface area (Å²) >= 11 is 0. The molecule has 0 aliphatic carbocycles. The molecule has 1 saturated heterocycles. The third kappa shape index (κ3) is 5.81. The Balaban J connectivity index is 1.22. The summed E-state index contributed by atoms with van der Waals surface area (Å²) in [6.07, 6.45) is 1.50. The van der Waals surface area contributed by atoms with E-state index in [-0.39, 0.29) is 30.7 Å². The van der Waals surface area contributed by atoms with Gasteiger partial charge in [0.05, 0.1) is 6.26 Å². The van der Waals surface area contributed by atoms with E-state index in [0.29, 0.717) is 49.5 Å². The normalized spacial score (nSPS) is 13.5. The summed E-state index contributed by atoms with van der Waals surface area (Å²) in [6, 6.07) is 12.9. The van der Waals surface area contributed by atoms with Crippen LogP contribution >= 0.6 is 0 Å². The van der Waals surface area contributed by atoms with Gasteiger partial charge in [-0.2, -0.15) is 10.2 Å². The number of amides is 1. The van der Waals surface area contributed by atoms with E-state index in [9.17, 15) is 14.9 Å². The van der Waals surface area contributed by atoms with Crippen LogP contribution in [0.1, 0.15) is 31.0 Å². The van der Waals surface area contributed by atoms with E-state index in [2.05, 4.69) is 18.8 Å². The minimum Gasteiger partial charge on any atom is -0.482 e. The zero-order valence-electron chi connectivity index (χ0n) is 19.6. The number of nitrogens with zero attached hydrogens (tertiary/aromatic N) is 4. The number of anilines is 1. The maximum atomic E-state index is 12.5. The average Bonchev–Trinajstić information content (AvgIpc) is 3.56. The smallest absolute Gasteiger partial charge is 0.344 e. The molecule has 0 spiro atoms. The molecule has 10 heteroatoms. The molecule has 2 aromatic heterocycles. The Bertz CT molecular complexity index is 1190. The van der Waals surface area contributed by atoms with E-state index < -0.39 is 5.97 Å².